The van der Waals surface area contributed by atoms with Crippen molar-refractivity contribution in [3.05, 3.63) is 46.0 Å². The Morgan fingerprint density at radius 1 is 1.40 bits per heavy atom. The Labute approximate surface area is 128 Å². The van der Waals surface area contributed by atoms with E-state index >= 15 is 0 Å². The summed E-state index contributed by atoms with van der Waals surface area (Å²) in [6.45, 7) is 4.26. The number of nitrogens with zero attached hydrogens (tertiary/aromatic N) is 2. The second kappa shape index (κ2) is 6.99. The van der Waals surface area contributed by atoms with Gasteiger partial charge in [0.15, 0.2) is 5.82 Å². The molecule has 1 heterocycles. The van der Waals surface area contributed by atoms with Crippen molar-refractivity contribution in [2.45, 2.75) is 38.6 Å². The minimum Gasteiger partial charge on any atom is -0.339 e. The Balaban J connectivity index is 2.09. The van der Waals surface area contributed by atoms with E-state index in [1.54, 1.807) is 0 Å². The van der Waals surface area contributed by atoms with Gasteiger partial charge in [-0.2, -0.15) is 4.98 Å². The van der Waals surface area contributed by atoms with Crippen molar-refractivity contribution < 1.29 is 4.52 Å². The molecule has 0 amide bonds. The SMILES string of the molecule is CCC(NC)C(C)c1nc(Cc2cccc(Br)c2)no1. The number of rotatable bonds is 6. The lowest BCUT2D eigenvalue weighted by Gasteiger charge is -2.18. The summed E-state index contributed by atoms with van der Waals surface area (Å²) in [6.07, 6.45) is 1.72. The fourth-order valence-corrected chi connectivity index (χ4v) is 2.78. The van der Waals surface area contributed by atoms with E-state index in [2.05, 4.69) is 57.4 Å². The molecule has 0 aliphatic carbocycles. The highest BCUT2D eigenvalue weighted by atomic mass is 79.9. The predicted molar refractivity (Wildman–Crippen MR) is 82.8 cm³/mol. The molecular formula is C15H20BrN3O. The Bertz CT molecular complexity index is 552. The number of halogens is 1. The smallest absolute Gasteiger partial charge is 0.231 e. The van der Waals surface area contributed by atoms with Gasteiger partial charge in [0.2, 0.25) is 5.89 Å². The number of likely N-dealkylation sites (N-methyl/N-ethyl adjacent to an activating group) is 1. The maximum Gasteiger partial charge on any atom is 0.231 e. The molecule has 0 saturated carbocycles. The summed E-state index contributed by atoms with van der Waals surface area (Å²) in [5, 5.41) is 7.37. The van der Waals surface area contributed by atoms with Crippen molar-refractivity contribution in [2.75, 3.05) is 7.05 Å². The zero-order valence-corrected chi connectivity index (χ0v) is 13.6. The number of benzene rings is 1. The predicted octanol–water partition coefficient (Wildman–Crippen LogP) is 3.52. The van der Waals surface area contributed by atoms with Gasteiger partial charge in [0, 0.05) is 16.9 Å². The second-order valence-electron chi connectivity index (χ2n) is 4.95. The van der Waals surface area contributed by atoms with Crippen LogP contribution in [0, 0.1) is 0 Å². The summed E-state index contributed by atoms with van der Waals surface area (Å²) in [5.74, 6) is 1.65. The molecule has 0 fully saturated rings. The molecule has 0 saturated heterocycles. The van der Waals surface area contributed by atoms with Crippen LogP contribution in [0.5, 0.6) is 0 Å². The first-order chi connectivity index (χ1) is 9.63. The van der Waals surface area contributed by atoms with Crippen LogP contribution in [-0.4, -0.2) is 23.2 Å². The van der Waals surface area contributed by atoms with Gasteiger partial charge in [0.25, 0.3) is 0 Å². The molecule has 5 heteroatoms. The van der Waals surface area contributed by atoms with Crippen molar-refractivity contribution in [1.29, 1.82) is 0 Å². The maximum absolute atomic E-state index is 5.40. The van der Waals surface area contributed by atoms with Crippen LogP contribution in [0.15, 0.2) is 33.3 Å². The van der Waals surface area contributed by atoms with Crippen LogP contribution in [0.4, 0.5) is 0 Å². The first-order valence-electron chi connectivity index (χ1n) is 6.88. The highest BCUT2D eigenvalue weighted by molar-refractivity contribution is 9.10. The van der Waals surface area contributed by atoms with E-state index in [-0.39, 0.29) is 5.92 Å². The standard InChI is InChI=1S/C15H20BrN3O/c1-4-13(17-3)10(2)15-18-14(19-20-15)9-11-6-5-7-12(16)8-11/h5-8,10,13,17H,4,9H2,1-3H3. The van der Waals surface area contributed by atoms with E-state index < -0.39 is 0 Å². The van der Waals surface area contributed by atoms with Crippen LogP contribution < -0.4 is 5.32 Å². The summed E-state index contributed by atoms with van der Waals surface area (Å²) >= 11 is 3.47. The highest BCUT2D eigenvalue weighted by Gasteiger charge is 2.21. The molecule has 1 N–H and O–H groups in total. The Hall–Kier alpha value is -1.20. The van der Waals surface area contributed by atoms with E-state index in [0.29, 0.717) is 18.4 Å². The Kier molecular flexibility index (Phi) is 5.31. The molecule has 2 aromatic rings. The van der Waals surface area contributed by atoms with E-state index in [1.165, 1.54) is 5.56 Å². The molecule has 0 radical (unpaired) electrons. The molecule has 108 valence electrons. The lowest BCUT2D eigenvalue weighted by Crippen LogP contribution is -2.30. The largest absolute Gasteiger partial charge is 0.339 e. The van der Waals surface area contributed by atoms with Gasteiger partial charge in [-0.3, -0.25) is 0 Å². The average molecular weight is 338 g/mol. The average Bonchev–Trinajstić information content (AvgIpc) is 2.88. The van der Waals surface area contributed by atoms with Gasteiger partial charge in [-0.25, -0.2) is 0 Å². The van der Waals surface area contributed by atoms with E-state index in [4.69, 9.17) is 4.52 Å². The first-order valence-corrected chi connectivity index (χ1v) is 7.67. The molecule has 4 nitrogen and oxygen atoms in total. The van der Waals surface area contributed by atoms with Gasteiger partial charge < -0.3 is 9.84 Å². The van der Waals surface area contributed by atoms with Crippen molar-refractivity contribution in [1.82, 2.24) is 15.5 Å². The Morgan fingerprint density at radius 2 is 2.20 bits per heavy atom. The molecule has 0 bridgehead atoms. The van der Waals surface area contributed by atoms with Gasteiger partial charge in [-0.05, 0) is 31.2 Å². The van der Waals surface area contributed by atoms with Gasteiger partial charge in [-0.1, -0.05) is 47.1 Å². The van der Waals surface area contributed by atoms with E-state index in [9.17, 15) is 0 Å². The third-order valence-corrected chi connectivity index (χ3v) is 4.03. The van der Waals surface area contributed by atoms with Crippen LogP contribution in [0.2, 0.25) is 0 Å². The summed E-state index contributed by atoms with van der Waals surface area (Å²) in [7, 11) is 1.96. The van der Waals surface area contributed by atoms with Gasteiger partial charge in [0.1, 0.15) is 0 Å². The van der Waals surface area contributed by atoms with Gasteiger partial charge in [0.05, 0.1) is 5.92 Å². The van der Waals surface area contributed by atoms with Crippen LogP contribution in [-0.2, 0) is 6.42 Å². The molecule has 0 aliphatic rings. The summed E-state index contributed by atoms with van der Waals surface area (Å²) in [4.78, 5) is 4.52. The fourth-order valence-electron chi connectivity index (χ4n) is 2.33. The lowest BCUT2D eigenvalue weighted by molar-refractivity contribution is 0.324. The molecule has 1 aromatic carbocycles. The van der Waals surface area contributed by atoms with Crippen LogP contribution in [0.25, 0.3) is 0 Å². The Morgan fingerprint density at radius 3 is 2.85 bits per heavy atom. The zero-order valence-electron chi connectivity index (χ0n) is 12.1. The van der Waals surface area contributed by atoms with Crippen LogP contribution in [0.1, 0.15) is 43.5 Å². The highest BCUT2D eigenvalue weighted by Crippen LogP contribution is 2.20. The van der Waals surface area contributed by atoms with Crippen LogP contribution >= 0.6 is 15.9 Å². The monoisotopic (exact) mass is 337 g/mol. The molecule has 0 aliphatic heterocycles. The number of hydrogen-bond acceptors (Lipinski definition) is 4. The van der Waals surface area contributed by atoms with Crippen LogP contribution in [0.3, 0.4) is 0 Å². The van der Waals surface area contributed by atoms with Crippen molar-refractivity contribution in [2.24, 2.45) is 0 Å². The molecule has 20 heavy (non-hydrogen) atoms. The summed E-state index contributed by atoms with van der Waals surface area (Å²) in [6, 6.07) is 8.51. The summed E-state index contributed by atoms with van der Waals surface area (Å²) in [5.41, 5.74) is 1.17. The van der Waals surface area contributed by atoms with Gasteiger partial charge in [-0.15, -0.1) is 0 Å². The van der Waals surface area contributed by atoms with E-state index in [1.807, 2.05) is 19.2 Å². The van der Waals surface area contributed by atoms with Crippen molar-refractivity contribution in [3.63, 3.8) is 0 Å². The molecule has 2 rings (SSSR count). The molecule has 2 atom stereocenters. The minimum absolute atomic E-state index is 0.216. The number of nitrogens with one attached hydrogen (secondary N) is 1. The van der Waals surface area contributed by atoms with E-state index in [0.717, 1.165) is 16.7 Å². The minimum atomic E-state index is 0.216. The third-order valence-electron chi connectivity index (χ3n) is 3.54. The number of hydrogen-bond donors (Lipinski definition) is 1. The maximum atomic E-state index is 5.40. The lowest BCUT2D eigenvalue weighted by atomic mass is 10.00. The topological polar surface area (TPSA) is 51.0 Å². The second-order valence-corrected chi connectivity index (χ2v) is 5.86. The summed E-state index contributed by atoms with van der Waals surface area (Å²) < 4.78 is 6.46. The molecule has 2 unspecified atom stereocenters. The molecular weight excluding hydrogens is 318 g/mol. The first kappa shape index (κ1) is 15.2. The van der Waals surface area contributed by atoms with Crippen molar-refractivity contribution in [3.8, 4) is 0 Å². The third kappa shape index (κ3) is 3.67. The quantitative estimate of drug-likeness (QED) is 0.876. The zero-order chi connectivity index (χ0) is 14.5. The normalized spacial score (nSPS) is 14.2. The fraction of sp³-hybridized carbons (Fsp3) is 0.467. The molecule has 0 spiro atoms. The van der Waals surface area contributed by atoms with Crippen molar-refractivity contribution >= 4 is 15.9 Å². The van der Waals surface area contributed by atoms with Gasteiger partial charge >= 0.3 is 0 Å². The molecule has 1 aromatic heterocycles. The number of aromatic nitrogens is 2.